The summed E-state index contributed by atoms with van der Waals surface area (Å²) in [6, 6.07) is 0.844. The van der Waals surface area contributed by atoms with E-state index in [1.807, 2.05) is 0 Å². The predicted octanol–water partition coefficient (Wildman–Crippen LogP) is 1.26. The molecule has 88 valence electrons. The summed E-state index contributed by atoms with van der Waals surface area (Å²) in [4.78, 5) is 2.60. The third-order valence-electron chi connectivity index (χ3n) is 3.87. The zero-order valence-electron chi connectivity index (χ0n) is 9.53. The van der Waals surface area contributed by atoms with Crippen LogP contribution in [0.4, 0.5) is 0 Å². The third kappa shape index (κ3) is 2.92. The number of nitrogens with zero attached hydrogens (tertiary/aromatic N) is 1. The molecule has 1 saturated heterocycles. The Morgan fingerprint density at radius 2 is 2.00 bits per heavy atom. The number of ether oxygens (including phenoxy) is 1. The number of likely N-dealkylation sites (tertiary alicyclic amines) is 1. The first-order valence-corrected chi connectivity index (χ1v) is 6.34. The second-order valence-corrected chi connectivity index (χ2v) is 4.77. The Morgan fingerprint density at radius 1 is 1.13 bits per heavy atom. The molecule has 1 aliphatic carbocycles. The Morgan fingerprint density at radius 3 is 2.67 bits per heavy atom. The van der Waals surface area contributed by atoms with Gasteiger partial charge in [-0.25, -0.2) is 0 Å². The van der Waals surface area contributed by atoms with E-state index >= 15 is 0 Å². The van der Waals surface area contributed by atoms with Crippen molar-refractivity contribution >= 4 is 0 Å². The van der Waals surface area contributed by atoms with Crippen LogP contribution in [0.3, 0.4) is 0 Å². The average Bonchev–Trinajstić information content (AvgIpc) is 2.58. The van der Waals surface area contributed by atoms with Crippen molar-refractivity contribution in [2.45, 2.75) is 38.1 Å². The van der Waals surface area contributed by atoms with Gasteiger partial charge in [-0.15, -0.1) is 0 Å². The standard InChI is InChI=1S/C12H23NO2/c14-8-10-15-9-7-13-6-2-5-12(13)11-3-1-4-11/h11-12,14H,1-10H2. The molecule has 0 amide bonds. The molecule has 1 aliphatic heterocycles. The zero-order chi connectivity index (χ0) is 10.5. The van der Waals surface area contributed by atoms with Gasteiger partial charge in [0.15, 0.2) is 0 Å². The lowest BCUT2D eigenvalue weighted by atomic mass is 9.79. The Balaban J connectivity index is 1.66. The maximum absolute atomic E-state index is 8.61. The number of rotatable bonds is 6. The summed E-state index contributed by atoms with van der Waals surface area (Å²) < 4.78 is 5.33. The predicted molar refractivity (Wildman–Crippen MR) is 59.8 cm³/mol. The molecular formula is C12H23NO2. The van der Waals surface area contributed by atoms with E-state index < -0.39 is 0 Å². The van der Waals surface area contributed by atoms with E-state index in [0.29, 0.717) is 6.61 Å². The third-order valence-corrected chi connectivity index (χ3v) is 3.87. The average molecular weight is 213 g/mol. The van der Waals surface area contributed by atoms with Crippen LogP contribution in [0, 0.1) is 5.92 Å². The minimum Gasteiger partial charge on any atom is -0.394 e. The van der Waals surface area contributed by atoms with Gasteiger partial charge in [-0.3, -0.25) is 4.90 Å². The van der Waals surface area contributed by atoms with Gasteiger partial charge in [-0.2, -0.15) is 0 Å². The maximum atomic E-state index is 8.61. The number of hydrogen-bond acceptors (Lipinski definition) is 3. The first-order valence-electron chi connectivity index (χ1n) is 6.34. The van der Waals surface area contributed by atoms with Crippen LogP contribution in [0.5, 0.6) is 0 Å². The van der Waals surface area contributed by atoms with Gasteiger partial charge in [0.25, 0.3) is 0 Å². The second kappa shape index (κ2) is 5.83. The summed E-state index contributed by atoms with van der Waals surface area (Å²) in [5.41, 5.74) is 0. The molecule has 1 heterocycles. The highest BCUT2D eigenvalue weighted by Crippen LogP contribution is 2.36. The molecule has 0 spiro atoms. The Labute approximate surface area is 92.4 Å². The van der Waals surface area contributed by atoms with Crippen molar-refractivity contribution in [2.24, 2.45) is 5.92 Å². The summed E-state index contributed by atoms with van der Waals surface area (Å²) in [5.74, 6) is 0.977. The van der Waals surface area contributed by atoms with Gasteiger partial charge in [0.1, 0.15) is 0 Å². The zero-order valence-corrected chi connectivity index (χ0v) is 9.53. The highest BCUT2D eigenvalue weighted by atomic mass is 16.5. The summed E-state index contributed by atoms with van der Waals surface area (Å²) in [7, 11) is 0. The van der Waals surface area contributed by atoms with E-state index in [1.165, 1.54) is 38.6 Å². The van der Waals surface area contributed by atoms with E-state index in [9.17, 15) is 0 Å². The van der Waals surface area contributed by atoms with Crippen molar-refractivity contribution in [1.82, 2.24) is 4.90 Å². The molecule has 2 fully saturated rings. The summed E-state index contributed by atoms with van der Waals surface area (Å²) >= 11 is 0. The van der Waals surface area contributed by atoms with Gasteiger partial charge in [-0.1, -0.05) is 6.42 Å². The fourth-order valence-corrected chi connectivity index (χ4v) is 2.84. The maximum Gasteiger partial charge on any atom is 0.0698 e. The molecule has 1 atom stereocenters. The van der Waals surface area contributed by atoms with Crippen molar-refractivity contribution in [1.29, 1.82) is 0 Å². The van der Waals surface area contributed by atoms with Crippen LogP contribution in [-0.4, -0.2) is 49.0 Å². The van der Waals surface area contributed by atoms with Gasteiger partial charge in [0.05, 0.1) is 19.8 Å². The number of aliphatic hydroxyl groups is 1. The fourth-order valence-electron chi connectivity index (χ4n) is 2.84. The van der Waals surface area contributed by atoms with E-state index in [4.69, 9.17) is 9.84 Å². The SMILES string of the molecule is OCCOCCN1CCCC1C1CCC1. The molecule has 0 aromatic carbocycles. The normalized spacial score (nSPS) is 28.2. The van der Waals surface area contributed by atoms with Crippen molar-refractivity contribution in [3.05, 3.63) is 0 Å². The van der Waals surface area contributed by atoms with E-state index in [1.54, 1.807) is 0 Å². The summed E-state index contributed by atoms with van der Waals surface area (Å²) in [5, 5.41) is 8.61. The van der Waals surface area contributed by atoms with Crippen molar-refractivity contribution in [3.8, 4) is 0 Å². The highest BCUT2D eigenvalue weighted by Gasteiger charge is 2.34. The molecule has 0 aromatic heterocycles. The van der Waals surface area contributed by atoms with Crippen LogP contribution in [0.25, 0.3) is 0 Å². The molecule has 0 aromatic rings. The molecule has 1 saturated carbocycles. The van der Waals surface area contributed by atoms with Crippen molar-refractivity contribution in [3.63, 3.8) is 0 Å². The van der Waals surface area contributed by atoms with Crippen molar-refractivity contribution < 1.29 is 9.84 Å². The van der Waals surface area contributed by atoms with Gasteiger partial charge in [0.2, 0.25) is 0 Å². The molecule has 3 nitrogen and oxygen atoms in total. The first kappa shape index (κ1) is 11.4. The topological polar surface area (TPSA) is 32.7 Å². The van der Waals surface area contributed by atoms with Crippen LogP contribution in [0.2, 0.25) is 0 Å². The van der Waals surface area contributed by atoms with Gasteiger partial charge in [-0.05, 0) is 38.1 Å². The lowest BCUT2D eigenvalue weighted by Gasteiger charge is -2.37. The molecule has 2 rings (SSSR count). The largest absolute Gasteiger partial charge is 0.394 e. The minimum atomic E-state index is 0.145. The number of hydrogen-bond donors (Lipinski definition) is 1. The molecule has 1 unspecified atom stereocenters. The Hall–Kier alpha value is -0.120. The Kier molecular flexibility index (Phi) is 4.42. The summed E-state index contributed by atoms with van der Waals surface area (Å²) in [6.45, 7) is 3.72. The smallest absolute Gasteiger partial charge is 0.0698 e. The van der Waals surface area contributed by atoms with Crippen molar-refractivity contribution in [2.75, 3.05) is 32.9 Å². The lowest BCUT2D eigenvalue weighted by molar-refractivity contribution is 0.0559. The first-order chi connectivity index (χ1) is 7.42. The molecular weight excluding hydrogens is 190 g/mol. The molecule has 0 radical (unpaired) electrons. The van der Waals surface area contributed by atoms with Crippen LogP contribution in [0.1, 0.15) is 32.1 Å². The van der Waals surface area contributed by atoms with Gasteiger partial charge < -0.3 is 9.84 Å². The van der Waals surface area contributed by atoms with Crippen LogP contribution in [-0.2, 0) is 4.74 Å². The number of aliphatic hydroxyl groups excluding tert-OH is 1. The van der Waals surface area contributed by atoms with Gasteiger partial charge in [0, 0.05) is 12.6 Å². The van der Waals surface area contributed by atoms with Crippen LogP contribution >= 0.6 is 0 Å². The summed E-state index contributed by atoms with van der Waals surface area (Å²) in [6.07, 6.45) is 7.08. The molecule has 0 bridgehead atoms. The Bertz CT molecular complexity index is 182. The van der Waals surface area contributed by atoms with E-state index in [0.717, 1.165) is 25.1 Å². The fraction of sp³-hybridized carbons (Fsp3) is 1.00. The molecule has 15 heavy (non-hydrogen) atoms. The van der Waals surface area contributed by atoms with Crippen LogP contribution in [0.15, 0.2) is 0 Å². The monoisotopic (exact) mass is 213 g/mol. The minimum absolute atomic E-state index is 0.145. The molecule has 2 aliphatic rings. The second-order valence-electron chi connectivity index (χ2n) is 4.77. The quantitative estimate of drug-likeness (QED) is 0.674. The lowest BCUT2D eigenvalue weighted by Crippen LogP contribution is -2.40. The van der Waals surface area contributed by atoms with Crippen LogP contribution < -0.4 is 0 Å². The van der Waals surface area contributed by atoms with E-state index in [-0.39, 0.29) is 6.61 Å². The molecule has 1 N–H and O–H groups in total. The van der Waals surface area contributed by atoms with Gasteiger partial charge >= 0.3 is 0 Å². The highest BCUT2D eigenvalue weighted by molar-refractivity contribution is 4.88. The van der Waals surface area contributed by atoms with E-state index in [2.05, 4.69) is 4.90 Å². The molecule has 3 heteroatoms.